The molecule has 2 N–H and O–H groups in total. The van der Waals surface area contributed by atoms with Crippen LogP contribution >= 0.6 is 0 Å². The van der Waals surface area contributed by atoms with Gasteiger partial charge in [0.2, 0.25) is 0 Å². The molecular formula is C27H32N2O4S. The van der Waals surface area contributed by atoms with Gasteiger partial charge in [0.1, 0.15) is 5.75 Å². The number of ether oxygens (including phenoxy) is 1. The number of hydrogen-bond acceptors (Lipinski definition) is 4. The Labute approximate surface area is 202 Å². The van der Waals surface area contributed by atoms with Gasteiger partial charge in [0.25, 0.3) is 15.9 Å². The molecule has 0 spiro atoms. The molecule has 0 aliphatic heterocycles. The van der Waals surface area contributed by atoms with E-state index in [0.29, 0.717) is 23.0 Å². The summed E-state index contributed by atoms with van der Waals surface area (Å²) in [4.78, 5) is 12.8. The number of nitrogens with one attached hydrogen (secondary N) is 2. The topological polar surface area (TPSA) is 84.5 Å². The van der Waals surface area contributed by atoms with E-state index in [1.54, 1.807) is 25.1 Å². The third kappa shape index (κ3) is 6.17. The van der Waals surface area contributed by atoms with Crippen LogP contribution in [0.5, 0.6) is 5.75 Å². The molecule has 3 aromatic rings. The number of para-hydroxylation sites is 1. The maximum atomic E-state index is 12.8. The molecule has 0 aliphatic carbocycles. The molecule has 0 saturated carbocycles. The van der Waals surface area contributed by atoms with Gasteiger partial charge >= 0.3 is 0 Å². The van der Waals surface area contributed by atoms with Gasteiger partial charge < -0.3 is 10.1 Å². The van der Waals surface area contributed by atoms with Crippen LogP contribution in [0.4, 0.5) is 11.4 Å². The number of sulfonamides is 1. The highest BCUT2D eigenvalue weighted by atomic mass is 32.2. The van der Waals surface area contributed by atoms with Crippen molar-refractivity contribution in [3.05, 3.63) is 83.4 Å². The molecular weight excluding hydrogens is 448 g/mol. The molecule has 0 bridgehead atoms. The van der Waals surface area contributed by atoms with Crippen LogP contribution in [0.3, 0.4) is 0 Å². The van der Waals surface area contributed by atoms with Crippen LogP contribution in [0.15, 0.2) is 71.6 Å². The van der Waals surface area contributed by atoms with E-state index < -0.39 is 16.1 Å². The molecule has 180 valence electrons. The number of benzene rings is 3. The highest BCUT2D eigenvalue weighted by molar-refractivity contribution is 7.92. The molecule has 34 heavy (non-hydrogen) atoms. The number of amides is 1. The van der Waals surface area contributed by atoms with Crippen molar-refractivity contribution in [3.8, 4) is 5.75 Å². The van der Waals surface area contributed by atoms with Gasteiger partial charge in [0.05, 0.1) is 10.6 Å². The average Bonchev–Trinajstić information content (AvgIpc) is 2.81. The second-order valence-corrected chi connectivity index (χ2v) is 10.2. The van der Waals surface area contributed by atoms with E-state index in [2.05, 4.69) is 23.9 Å². The van der Waals surface area contributed by atoms with Crippen LogP contribution in [-0.4, -0.2) is 20.4 Å². The first kappa shape index (κ1) is 25.3. The number of hydrogen-bond donors (Lipinski definition) is 2. The Morgan fingerprint density at radius 3 is 2.29 bits per heavy atom. The van der Waals surface area contributed by atoms with Crippen LogP contribution in [0.2, 0.25) is 0 Å². The van der Waals surface area contributed by atoms with Crippen molar-refractivity contribution in [2.45, 2.75) is 58.0 Å². The lowest BCUT2D eigenvalue weighted by atomic mass is 9.98. The Kier molecular flexibility index (Phi) is 7.99. The molecule has 1 amide bonds. The zero-order valence-corrected chi connectivity index (χ0v) is 21.1. The van der Waals surface area contributed by atoms with E-state index in [1.165, 1.54) is 12.1 Å². The van der Waals surface area contributed by atoms with Crippen molar-refractivity contribution in [2.75, 3.05) is 10.0 Å². The van der Waals surface area contributed by atoms with E-state index in [4.69, 9.17) is 4.74 Å². The molecule has 0 fully saturated rings. The number of carbonyl (C=O) groups excluding carboxylic acids is 1. The molecule has 2 atom stereocenters. The third-order valence-electron chi connectivity index (χ3n) is 5.79. The van der Waals surface area contributed by atoms with Gasteiger partial charge in [-0.15, -0.1) is 0 Å². The van der Waals surface area contributed by atoms with Gasteiger partial charge in [0.15, 0.2) is 6.10 Å². The van der Waals surface area contributed by atoms with Crippen molar-refractivity contribution in [3.63, 3.8) is 0 Å². The molecule has 3 aromatic carbocycles. The number of aryl methyl sites for hydroxylation is 2. The van der Waals surface area contributed by atoms with Gasteiger partial charge in [-0.2, -0.15) is 0 Å². The van der Waals surface area contributed by atoms with Crippen LogP contribution < -0.4 is 14.8 Å². The minimum atomic E-state index is -3.75. The van der Waals surface area contributed by atoms with E-state index in [9.17, 15) is 13.2 Å². The van der Waals surface area contributed by atoms with Crippen molar-refractivity contribution in [2.24, 2.45) is 0 Å². The highest BCUT2D eigenvalue weighted by Gasteiger charge is 2.19. The smallest absolute Gasteiger partial charge is 0.265 e. The van der Waals surface area contributed by atoms with Gasteiger partial charge in [0, 0.05) is 5.69 Å². The van der Waals surface area contributed by atoms with E-state index in [-0.39, 0.29) is 10.8 Å². The molecule has 0 heterocycles. The molecule has 2 unspecified atom stereocenters. The average molecular weight is 481 g/mol. The first-order chi connectivity index (χ1) is 16.1. The quantitative estimate of drug-likeness (QED) is 0.392. The number of carbonyl (C=O) groups is 1. The van der Waals surface area contributed by atoms with Crippen molar-refractivity contribution in [1.29, 1.82) is 0 Å². The summed E-state index contributed by atoms with van der Waals surface area (Å²) in [6.07, 6.45) is 0.244. The largest absolute Gasteiger partial charge is 0.481 e. The lowest BCUT2D eigenvalue weighted by Crippen LogP contribution is -2.30. The number of rotatable bonds is 9. The molecule has 3 rings (SSSR count). The van der Waals surface area contributed by atoms with Crippen molar-refractivity contribution in [1.82, 2.24) is 0 Å². The zero-order valence-electron chi connectivity index (χ0n) is 20.3. The Morgan fingerprint density at radius 1 is 0.971 bits per heavy atom. The summed E-state index contributed by atoms with van der Waals surface area (Å²) >= 11 is 0. The van der Waals surface area contributed by atoms with E-state index >= 15 is 0 Å². The predicted octanol–water partition coefficient (Wildman–Crippen LogP) is 6.02. The van der Waals surface area contributed by atoms with Gasteiger partial charge in [-0.1, -0.05) is 49.7 Å². The molecule has 0 saturated heterocycles. The fraction of sp³-hybridized carbons (Fsp3) is 0.296. The fourth-order valence-electron chi connectivity index (χ4n) is 3.55. The Hall–Kier alpha value is -3.32. The first-order valence-electron chi connectivity index (χ1n) is 11.4. The second-order valence-electron chi connectivity index (χ2n) is 8.54. The third-order valence-corrected chi connectivity index (χ3v) is 7.18. The summed E-state index contributed by atoms with van der Waals surface area (Å²) in [5, 5.41) is 2.79. The van der Waals surface area contributed by atoms with Crippen molar-refractivity contribution < 1.29 is 17.9 Å². The SMILES string of the molecule is CCC(C)c1ccccc1OC(C)C(=O)Nc1ccc(S(=O)(=O)Nc2ccc(C)cc2C)cc1. The highest BCUT2D eigenvalue weighted by Crippen LogP contribution is 2.29. The number of anilines is 2. The second kappa shape index (κ2) is 10.7. The molecule has 0 aromatic heterocycles. The van der Waals surface area contributed by atoms with Gasteiger partial charge in [-0.3, -0.25) is 9.52 Å². The summed E-state index contributed by atoms with van der Waals surface area (Å²) in [6, 6.07) is 19.3. The van der Waals surface area contributed by atoms with Gasteiger partial charge in [-0.05, 0) is 80.6 Å². The molecule has 7 heteroatoms. The molecule has 0 aliphatic rings. The predicted molar refractivity (Wildman–Crippen MR) is 137 cm³/mol. The molecule has 0 radical (unpaired) electrons. The van der Waals surface area contributed by atoms with Crippen LogP contribution in [-0.2, 0) is 14.8 Å². The summed E-state index contributed by atoms with van der Waals surface area (Å²) < 4.78 is 34.1. The zero-order chi connectivity index (χ0) is 24.9. The minimum absolute atomic E-state index is 0.109. The van der Waals surface area contributed by atoms with Crippen molar-refractivity contribution >= 4 is 27.3 Å². The van der Waals surface area contributed by atoms with Crippen LogP contribution in [0.25, 0.3) is 0 Å². The summed E-state index contributed by atoms with van der Waals surface area (Å²) in [6.45, 7) is 9.73. The fourth-order valence-corrected chi connectivity index (χ4v) is 4.68. The Balaban J connectivity index is 1.66. The van der Waals surface area contributed by atoms with Crippen LogP contribution in [0.1, 0.15) is 49.8 Å². The summed E-state index contributed by atoms with van der Waals surface area (Å²) in [7, 11) is -3.75. The maximum absolute atomic E-state index is 12.8. The lowest BCUT2D eigenvalue weighted by molar-refractivity contribution is -0.122. The standard InChI is InChI=1S/C27H32N2O4S/c1-6-19(3)24-9-7-8-10-26(24)33-21(5)27(30)28-22-12-14-23(15-13-22)34(31,32)29-25-16-11-18(2)17-20(25)4/h7-17,19,21,29H,6H2,1-5H3,(H,28,30). The summed E-state index contributed by atoms with van der Waals surface area (Å²) in [5.41, 5.74) is 3.99. The normalized spacial score (nSPS) is 13.1. The Bertz CT molecular complexity index is 1250. The first-order valence-corrected chi connectivity index (χ1v) is 12.9. The van der Waals surface area contributed by atoms with E-state index in [1.807, 2.05) is 50.2 Å². The maximum Gasteiger partial charge on any atom is 0.265 e. The minimum Gasteiger partial charge on any atom is -0.481 e. The van der Waals surface area contributed by atoms with Gasteiger partial charge in [-0.25, -0.2) is 8.42 Å². The Morgan fingerprint density at radius 2 is 1.65 bits per heavy atom. The van der Waals surface area contributed by atoms with Crippen LogP contribution in [0, 0.1) is 13.8 Å². The molecule has 6 nitrogen and oxygen atoms in total. The summed E-state index contributed by atoms with van der Waals surface area (Å²) in [5.74, 6) is 0.694. The lowest BCUT2D eigenvalue weighted by Gasteiger charge is -2.19. The monoisotopic (exact) mass is 480 g/mol. The van der Waals surface area contributed by atoms with E-state index in [0.717, 1.165) is 23.1 Å².